The van der Waals surface area contributed by atoms with E-state index in [1.54, 1.807) is 7.11 Å². The van der Waals surface area contributed by atoms with Crippen LogP contribution in [0.2, 0.25) is 0 Å². The molecule has 25 heavy (non-hydrogen) atoms. The molecule has 0 aliphatic carbocycles. The minimum Gasteiger partial charge on any atom is -0.437 e. The summed E-state index contributed by atoms with van der Waals surface area (Å²) in [5.74, 6) is 0.680. The molecular weight excluding hydrogens is 318 g/mol. The molecule has 1 aliphatic rings. The summed E-state index contributed by atoms with van der Waals surface area (Å²) in [7, 11) is 1.61. The van der Waals surface area contributed by atoms with Gasteiger partial charge < -0.3 is 14.5 Å². The lowest BCUT2D eigenvalue weighted by atomic mass is 10.1. The summed E-state index contributed by atoms with van der Waals surface area (Å²) < 4.78 is 10.7. The van der Waals surface area contributed by atoms with Gasteiger partial charge in [-0.1, -0.05) is 29.8 Å². The van der Waals surface area contributed by atoms with Crippen LogP contribution in [0.25, 0.3) is 0 Å². The third-order valence-corrected chi connectivity index (χ3v) is 4.32. The Morgan fingerprint density at radius 1 is 1.40 bits per heavy atom. The normalized spacial score (nSPS) is 15.6. The van der Waals surface area contributed by atoms with Gasteiger partial charge in [-0.2, -0.15) is 0 Å². The van der Waals surface area contributed by atoms with Gasteiger partial charge in [0.05, 0.1) is 12.3 Å². The Bertz CT molecular complexity index is 724. The fraction of sp³-hybridized carbons (Fsp3) is 0.474. The topological polar surface area (TPSA) is 67.6 Å². The summed E-state index contributed by atoms with van der Waals surface area (Å²) in [4.78, 5) is 18.9. The molecule has 1 amide bonds. The molecule has 2 aromatic rings. The van der Waals surface area contributed by atoms with Crippen LogP contribution < -0.4 is 5.32 Å². The number of nitrogens with zero attached hydrogens (tertiary/aromatic N) is 2. The number of fused-ring (bicyclic) bond motifs is 1. The van der Waals surface area contributed by atoms with E-state index < -0.39 is 0 Å². The predicted octanol–water partition coefficient (Wildman–Crippen LogP) is 2.31. The highest BCUT2D eigenvalue weighted by molar-refractivity contribution is 5.89. The van der Waals surface area contributed by atoms with Gasteiger partial charge in [0.1, 0.15) is 5.76 Å². The third kappa shape index (κ3) is 4.46. The van der Waals surface area contributed by atoms with Crippen molar-refractivity contribution in [1.29, 1.82) is 0 Å². The third-order valence-electron chi connectivity index (χ3n) is 4.32. The van der Waals surface area contributed by atoms with E-state index in [-0.39, 0.29) is 17.8 Å². The lowest BCUT2D eigenvalue weighted by Gasteiger charge is -2.25. The van der Waals surface area contributed by atoms with E-state index in [1.165, 1.54) is 11.1 Å². The first-order valence-corrected chi connectivity index (χ1v) is 8.61. The number of aromatic nitrogens is 1. The summed E-state index contributed by atoms with van der Waals surface area (Å²) in [6, 6.07) is 8.49. The van der Waals surface area contributed by atoms with Crippen LogP contribution in [-0.2, 0) is 24.2 Å². The van der Waals surface area contributed by atoms with Gasteiger partial charge in [-0.05, 0) is 19.4 Å². The molecule has 2 heterocycles. The molecule has 0 saturated carbocycles. The molecule has 0 unspecified atom stereocenters. The van der Waals surface area contributed by atoms with Gasteiger partial charge in [0.2, 0.25) is 0 Å². The first-order valence-electron chi connectivity index (χ1n) is 8.61. The first-order chi connectivity index (χ1) is 12.0. The van der Waals surface area contributed by atoms with Crippen LogP contribution in [0.4, 0.5) is 0 Å². The maximum atomic E-state index is 12.2. The fourth-order valence-corrected chi connectivity index (χ4v) is 3.01. The van der Waals surface area contributed by atoms with Crippen molar-refractivity contribution in [2.24, 2.45) is 0 Å². The molecule has 0 bridgehead atoms. The fourth-order valence-electron chi connectivity index (χ4n) is 3.01. The van der Waals surface area contributed by atoms with Crippen LogP contribution in [0.5, 0.6) is 0 Å². The number of benzene rings is 1. The van der Waals surface area contributed by atoms with Crippen LogP contribution in [0, 0.1) is 6.92 Å². The van der Waals surface area contributed by atoms with Crippen LogP contribution >= 0.6 is 0 Å². The SMILES string of the molecule is COC[C@H](C)NC(=O)c1nc2c(o1)CCN(Cc1ccc(C)cc1)C2. The molecule has 1 N–H and O–H groups in total. The number of amides is 1. The van der Waals surface area contributed by atoms with Crippen molar-refractivity contribution in [3.05, 3.63) is 52.7 Å². The molecule has 1 aromatic heterocycles. The smallest absolute Gasteiger partial charge is 0.307 e. The van der Waals surface area contributed by atoms with Gasteiger partial charge in [0, 0.05) is 39.2 Å². The Labute approximate surface area is 148 Å². The zero-order valence-electron chi connectivity index (χ0n) is 15.0. The summed E-state index contributed by atoms with van der Waals surface area (Å²) in [6.07, 6.45) is 0.773. The summed E-state index contributed by atoms with van der Waals surface area (Å²) in [5, 5.41) is 2.83. The van der Waals surface area contributed by atoms with Gasteiger partial charge in [0.25, 0.3) is 5.89 Å². The van der Waals surface area contributed by atoms with Crippen molar-refractivity contribution in [2.75, 3.05) is 20.3 Å². The standard InChI is InChI=1S/C19H25N3O3/c1-13-4-6-15(7-5-13)10-22-9-8-17-16(11-22)21-19(25-17)18(23)20-14(2)12-24-3/h4-7,14H,8-12H2,1-3H3,(H,20,23)/t14-/m0/s1. The Kier molecular flexibility index (Phi) is 5.50. The first kappa shape index (κ1) is 17.6. The average Bonchev–Trinajstić information content (AvgIpc) is 3.00. The molecule has 3 rings (SSSR count). The second kappa shape index (κ2) is 7.80. The lowest BCUT2D eigenvalue weighted by Crippen LogP contribution is -2.35. The number of oxazole rings is 1. The largest absolute Gasteiger partial charge is 0.437 e. The zero-order valence-corrected chi connectivity index (χ0v) is 15.0. The molecule has 6 nitrogen and oxygen atoms in total. The van der Waals surface area contributed by atoms with Crippen LogP contribution in [-0.4, -0.2) is 42.1 Å². The van der Waals surface area contributed by atoms with Crippen molar-refractivity contribution in [1.82, 2.24) is 15.2 Å². The van der Waals surface area contributed by atoms with Crippen LogP contribution in [0.1, 0.15) is 40.2 Å². The lowest BCUT2D eigenvalue weighted by molar-refractivity contribution is 0.0869. The highest BCUT2D eigenvalue weighted by Gasteiger charge is 2.25. The Morgan fingerprint density at radius 2 is 2.16 bits per heavy atom. The van der Waals surface area contributed by atoms with Crippen LogP contribution in [0.15, 0.2) is 28.7 Å². The number of nitrogens with one attached hydrogen (secondary N) is 1. The number of ether oxygens (including phenoxy) is 1. The molecule has 1 aliphatic heterocycles. The minimum absolute atomic E-state index is 0.0838. The Balaban J connectivity index is 1.62. The number of aryl methyl sites for hydroxylation is 1. The van der Waals surface area contributed by atoms with Crippen molar-refractivity contribution < 1.29 is 13.9 Å². The Hall–Kier alpha value is -2.18. The van der Waals surface area contributed by atoms with E-state index in [2.05, 4.69) is 46.4 Å². The molecule has 1 aromatic carbocycles. The maximum Gasteiger partial charge on any atom is 0.307 e. The number of rotatable bonds is 6. The minimum atomic E-state index is -0.288. The molecule has 0 fully saturated rings. The average molecular weight is 343 g/mol. The zero-order chi connectivity index (χ0) is 17.8. The van der Waals surface area contributed by atoms with E-state index in [4.69, 9.17) is 9.15 Å². The van der Waals surface area contributed by atoms with Crippen molar-refractivity contribution in [2.45, 2.75) is 39.4 Å². The van der Waals surface area contributed by atoms with Crippen LogP contribution in [0.3, 0.4) is 0 Å². The number of carbonyl (C=O) groups excluding carboxylic acids is 1. The van der Waals surface area contributed by atoms with Crippen molar-refractivity contribution in [3.63, 3.8) is 0 Å². The maximum absolute atomic E-state index is 12.2. The van der Waals surface area contributed by atoms with Crippen molar-refractivity contribution in [3.8, 4) is 0 Å². The summed E-state index contributed by atoms with van der Waals surface area (Å²) in [5.41, 5.74) is 3.41. The second-order valence-corrected chi connectivity index (χ2v) is 6.66. The van der Waals surface area contributed by atoms with E-state index in [0.717, 1.165) is 31.0 Å². The summed E-state index contributed by atoms with van der Waals surface area (Å²) in [6.45, 7) is 6.90. The number of carbonyl (C=O) groups is 1. The molecule has 1 atom stereocenters. The number of hydrogen-bond acceptors (Lipinski definition) is 5. The molecular formula is C19H25N3O3. The molecule has 6 heteroatoms. The highest BCUT2D eigenvalue weighted by atomic mass is 16.5. The molecule has 134 valence electrons. The quantitative estimate of drug-likeness (QED) is 0.872. The van der Waals surface area contributed by atoms with Crippen molar-refractivity contribution >= 4 is 5.91 Å². The highest BCUT2D eigenvalue weighted by Crippen LogP contribution is 2.21. The van der Waals surface area contributed by atoms with E-state index in [9.17, 15) is 4.79 Å². The Morgan fingerprint density at radius 3 is 2.88 bits per heavy atom. The monoisotopic (exact) mass is 343 g/mol. The predicted molar refractivity (Wildman–Crippen MR) is 94.3 cm³/mol. The summed E-state index contributed by atoms with van der Waals surface area (Å²) >= 11 is 0. The molecule has 0 saturated heterocycles. The van der Waals surface area contributed by atoms with Gasteiger partial charge in [-0.3, -0.25) is 9.69 Å². The molecule has 0 radical (unpaired) electrons. The van der Waals surface area contributed by atoms with E-state index in [0.29, 0.717) is 13.2 Å². The van der Waals surface area contributed by atoms with Gasteiger partial charge >= 0.3 is 5.91 Å². The number of methoxy groups -OCH3 is 1. The van der Waals surface area contributed by atoms with E-state index in [1.807, 2.05) is 6.92 Å². The van der Waals surface area contributed by atoms with Gasteiger partial charge in [-0.25, -0.2) is 4.98 Å². The number of hydrogen-bond donors (Lipinski definition) is 1. The van der Waals surface area contributed by atoms with Gasteiger partial charge in [0.15, 0.2) is 0 Å². The second-order valence-electron chi connectivity index (χ2n) is 6.66. The van der Waals surface area contributed by atoms with Gasteiger partial charge in [-0.15, -0.1) is 0 Å². The molecule has 0 spiro atoms. The van der Waals surface area contributed by atoms with E-state index >= 15 is 0 Å².